The molecule has 0 bridgehead atoms. The van der Waals surface area contributed by atoms with Crippen LogP contribution in [0.25, 0.3) is 0 Å². The number of ether oxygens (including phenoxy) is 3. The summed E-state index contributed by atoms with van der Waals surface area (Å²) in [5.41, 5.74) is 0. The second kappa shape index (κ2) is 55.0. The molecule has 0 aliphatic carbocycles. The van der Waals surface area contributed by atoms with Gasteiger partial charge in [0.15, 0.2) is 6.10 Å². The van der Waals surface area contributed by atoms with Crippen LogP contribution in [-0.4, -0.2) is 37.2 Å². The molecule has 0 N–H and O–H groups in total. The first kappa shape index (κ1) is 63.4. The molecule has 0 aromatic carbocycles. The van der Waals surface area contributed by atoms with E-state index in [9.17, 15) is 14.4 Å². The van der Waals surface area contributed by atoms with Crippen molar-refractivity contribution in [1.82, 2.24) is 0 Å². The first-order chi connectivity index (χ1) is 32.5. The summed E-state index contributed by atoms with van der Waals surface area (Å²) in [4.78, 5) is 38.1. The van der Waals surface area contributed by atoms with Crippen molar-refractivity contribution in [1.29, 1.82) is 0 Å². The zero-order chi connectivity index (χ0) is 47.9. The molecule has 1 unspecified atom stereocenters. The topological polar surface area (TPSA) is 78.9 Å². The quantitative estimate of drug-likeness (QED) is 0.0262. The smallest absolute Gasteiger partial charge is 0.306 e. The fourth-order valence-corrected chi connectivity index (χ4v) is 8.26. The maximum atomic E-state index is 12.8. The van der Waals surface area contributed by atoms with Gasteiger partial charge < -0.3 is 14.2 Å². The van der Waals surface area contributed by atoms with Gasteiger partial charge >= 0.3 is 17.9 Å². The maximum absolute atomic E-state index is 12.8. The van der Waals surface area contributed by atoms with Crippen LogP contribution < -0.4 is 0 Å². The van der Waals surface area contributed by atoms with Crippen LogP contribution in [0.5, 0.6) is 0 Å². The molecule has 6 nitrogen and oxygen atoms in total. The van der Waals surface area contributed by atoms with E-state index in [-0.39, 0.29) is 31.1 Å². The summed E-state index contributed by atoms with van der Waals surface area (Å²) in [5.74, 6) is -0.882. The van der Waals surface area contributed by atoms with Crippen LogP contribution in [0.3, 0.4) is 0 Å². The standard InChI is InChI=1S/C60H108O6/c1-4-7-10-13-16-19-22-24-26-28-30-32-34-36-38-41-44-47-50-53-59(62)65-56-57(55-64-58(61)52-49-46-43-40-21-18-15-12-9-6-3)66-60(63)54-51-48-45-42-39-37-35-33-31-29-27-25-23-20-17-14-11-8-5-2/h7,10,15-16,18-19,24,26,57H,4-6,8-9,11-14,17,20-23,25,27-56H2,1-3H3/b10-7-,18-15-,19-16-,26-24-. The van der Waals surface area contributed by atoms with Gasteiger partial charge in [-0.3, -0.25) is 14.4 Å². The highest BCUT2D eigenvalue weighted by atomic mass is 16.6. The van der Waals surface area contributed by atoms with Crippen LogP contribution in [0.4, 0.5) is 0 Å². The van der Waals surface area contributed by atoms with Crippen molar-refractivity contribution in [3.05, 3.63) is 48.6 Å². The van der Waals surface area contributed by atoms with Crippen LogP contribution in [0.15, 0.2) is 48.6 Å². The number of allylic oxidation sites excluding steroid dienone is 8. The van der Waals surface area contributed by atoms with Crippen molar-refractivity contribution in [2.75, 3.05) is 13.2 Å². The molecule has 0 amide bonds. The predicted octanol–water partition coefficient (Wildman–Crippen LogP) is 19.0. The molecule has 0 heterocycles. The zero-order valence-electron chi connectivity index (χ0n) is 44.0. The van der Waals surface area contributed by atoms with Gasteiger partial charge in [0.2, 0.25) is 0 Å². The Hall–Kier alpha value is -2.63. The minimum absolute atomic E-state index is 0.0768. The third-order valence-corrected chi connectivity index (χ3v) is 12.6. The van der Waals surface area contributed by atoms with Crippen LogP contribution in [0, 0.1) is 0 Å². The number of carbonyl (C=O) groups excluding carboxylic acids is 3. The summed E-state index contributed by atoms with van der Waals surface area (Å²) < 4.78 is 16.8. The lowest BCUT2D eigenvalue weighted by Crippen LogP contribution is -2.30. The van der Waals surface area contributed by atoms with E-state index < -0.39 is 6.10 Å². The minimum atomic E-state index is -0.777. The van der Waals surface area contributed by atoms with Crippen molar-refractivity contribution in [2.45, 2.75) is 303 Å². The normalized spacial score (nSPS) is 12.3. The average molecular weight is 926 g/mol. The summed E-state index contributed by atoms with van der Waals surface area (Å²) in [6.45, 7) is 6.51. The van der Waals surface area contributed by atoms with E-state index in [1.54, 1.807) is 0 Å². The highest BCUT2D eigenvalue weighted by Gasteiger charge is 2.19. The number of hydrogen-bond acceptors (Lipinski definition) is 6. The van der Waals surface area contributed by atoms with Crippen LogP contribution >= 0.6 is 0 Å². The van der Waals surface area contributed by atoms with Crippen molar-refractivity contribution >= 4 is 17.9 Å². The summed E-state index contributed by atoms with van der Waals surface area (Å²) in [5, 5.41) is 0. The number of rotatable bonds is 52. The van der Waals surface area contributed by atoms with Gasteiger partial charge in [0.1, 0.15) is 13.2 Å². The Morgan fingerprint density at radius 1 is 0.318 bits per heavy atom. The molecule has 66 heavy (non-hydrogen) atoms. The molecule has 0 aromatic heterocycles. The Kier molecular flexibility index (Phi) is 52.8. The Morgan fingerprint density at radius 3 is 0.985 bits per heavy atom. The first-order valence-corrected chi connectivity index (χ1v) is 28.6. The Bertz CT molecular complexity index is 1150. The lowest BCUT2D eigenvalue weighted by Gasteiger charge is -2.18. The van der Waals surface area contributed by atoms with E-state index in [0.717, 1.165) is 96.3 Å². The summed E-state index contributed by atoms with van der Waals surface area (Å²) in [6, 6.07) is 0. The van der Waals surface area contributed by atoms with Gasteiger partial charge in [0.25, 0.3) is 0 Å². The second-order valence-electron chi connectivity index (χ2n) is 19.2. The average Bonchev–Trinajstić information content (AvgIpc) is 3.31. The fourth-order valence-electron chi connectivity index (χ4n) is 8.26. The summed E-state index contributed by atoms with van der Waals surface area (Å²) in [7, 11) is 0. The molecule has 6 heteroatoms. The Morgan fingerprint density at radius 2 is 0.606 bits per heavy atom. The van der Waals surface area contributed by atoms with Gasteiger partial charge in [0.05, 0.1) is 0 Å². The van der Waals surface area contributed by atoms with Gasteiger partial charge in [-0.2, -0.15) is 0 Å². The third-order valence-electron chi connectivity index (χ3n) is 12.6. The molecule has 0 saturated heterocycles. The van der Waals surface area contributed by atoms with Crippen LogP contribution in [-0.2, 0) is 28.6 Å². The van der Waals surface area contributed by atoms with E-state index in [4.69, 9.17) is 14.2 Å². The maximum Gasteiger partial charge on any atom is 0.306 e. The molecule has 0 spiro atoms. The largest absolute Gasteiger partial charge is 0.462 e. The lowest BCUT2D eigenvalue weighted by molar-refractivity contribution is -0.167. The molecule has 0 aliphatic heterocycles. The minimum Gasteiger partial charge on any atom is -0.462 e. The third kappa shape index (κ3) is 52.3. The Labute approximate surface area is 409 Å². The number of hydrogen-bond donors (Lipinski definition) is 0. The molecule has 0 radical (unpaired) electrons. The monoisotopic (exact) mass is 925 g/mol. The van der Waals surface area contributed by atoms with E-state index in [1.165, 1.54) is 161 Å². The van der Waals surface area contributed by atoms with Crippen LogP contribution in [0.2, 0.25) is 0 Å². The first-order valence-electron chi connectivity index (χ1n) is 28.6. The van der Waals surface area contributed by atoms with Gasteiger partial charge in [-0.25, -0.2) is 0 Å². The predicted molar refractivity (Wildman–Crippen MR) is 284 cm³/mol. The van der Waals surface area contributed by atoms with Gasteiger partial charge in [-0.05, 0) is 70.6 Å². The zero-order valence-corrected chi connectivity index (χ0v) is 44.0. The SMILES string of the molecule is CC/C=C\C/C=C\C/C=C\CCCCCCCCCCCC(=O)OCC(COC(=O)CCCCCC/C=C\CCCC)OC(=O)CCCCCCCCCCCCCCCCCCCCC. The van der Waals surface area contributed by atoms with E-state index >= 15 is 0 Å². The molecule has 0 aliphatic rings. The number of esters is 3. The van der Waals surface area contributed by atoms with E-state index in [2.05, 4.69) is 69.4 Å². The molecule has 0 fully saturated rings. The fraction of sp³-hybridized carbons (Fsp3) is 0.817. The summed E-state index contributed by atoms with van der Waals surface area (Å²) >= 11 is 0. The van der Waals surface area contributed by atoms with Crippen molar-refractivity contribution in [3.8, 4) is 0 Å². The number of unbranched alkanes of at least 4 members (excludes halogenated alkanes) is 33. The molecule has 0 rings (SSSR count). The molecular formula is C60H108O6. The van der Waals surface area contributed by atoms with Crippen molar-refractivity contribution in [3.63, 3.8) is 0 Å². The molecule has 0 aromatic rings. The molecule has 384 valence electrons. The molecule has 1 atom stereocenters. The number of carbonyl (C=O) groups is 3. The Balaban J connectivity index is 4.28. The van der Waals surface area contributed by atoms with Gasteiger partial charge in [-0.1, -0.05) is 256 Å². The van der Waals surface area contributed by atoms with Crippen molar-refractivity contribution in [2.24, 2.45) is 0 Å². The van der Waals surface area contributed by atoms with E-state index in [0.29, 0.717) is 19.3 Å². The summed E-state index contributed by atoms with van der Waals surface area (Å²) in [6.07, 6.45) is 66.8. The lowest BCUT2D eigenvalue weighted by atomic mass is 10.0. The molecular weight excluding hydrogens is 817 g/mol. The highest BCUT2D eigenvalue weighted by molar-refractivity contribution is 5.71. The second-order valence-corrected chi connectivity index (χ2v) is 19.2. The van der Waals surface area contributed by atoms with Crippen LogP contribution in [0.1, 0.15) is 297 Å². The highest BCUT2D eigenvalue weighted by Crippen LogP contribution is 2.17. The van der Waals surface area contributed by atoms with Gasteiger partial charge in [0, 0.05) is 19.3 Å². The van der Waals surface area contributed by atoms with E-state index in [1.807, 2.05) is 0 Å². The van der Waals surface area contributed by atoms with Gasteiger partial charge in [-0.15, -0.1) is 0 Å². The van der Waals surface area contributed by atoms with Crippen molar-refractivity contribution < 1.29 is 28.6 Å². The molecule has 0 saturated carbocycles.